The first-order valence-corrected chi connectivity index (χ1v) is 7.31. The molecule has 0 aromatic rings. The van der Waals surface area contributed by atoms with E-state index in [4.69, 9.17) is 5.11 Å². The summed E-state index contributed by atoms with van der Waals surface area (Å²) in [6.45, 7) is 3.65. The van der Waals surface area contributed by atoms with Gasteiger partial charge in [-0.3, -0.25) is 14.4 Å². The molecule has 2 N–H and O–H groups in total. The lowest BCUT2D eigenvalue weighted by Crippen LogP contribution is -2.47. The lowest BCUT2D eigenvalue weighted by molar-refractivity contribution is -0.154. The van der Waals surface area contributed by atoms with Crippen LogP contribution >= 0.6 is 0 Å². The summed E-state index contributed by atoms with van der Waals surface area (Å²) in [6, 6.07) is 0. The fourth-order valence-corrected chi connectivity index (χ4v) is 2.68. The molecular weight excluding hydrogens is 260 g/mol. The second-order valence-corrected chi connectivity index (χ2v) is 5.74. The van der Waals surface area contributed by atoms with Gasteiger partial charge in [-0.05, 0) is 32.1 Å². The summed E-state index contributed by atoms with van der Waals surface area (Å²) in [6.07, 6.45) is 3.04. The number of amides is 2. The van der Waals surface area contributed by atoms with E-state index in [2.05, 4.69) is 5.32 Å². The summed E-state index contributed by atoms with van der Waals surface area (Å²) in [7, 11) is 0. The molecule has 2 fully saturated rings. The number of likely N-dealkylation sites (tertiary alicyclic amines) is 1. The smallest absolute Gasteiger partial charge is 0.319 e. The highest BCUT2D eigenvalue weighted by Gasteiger charge is 2.58. The minimum absolute atomic E-state index is 0.0504. The largest absolute Gasteiger partial charge is 0.480 e. The van der Waals surface area contributed by atoms with Gasteiger partial charge in [0.25, 0.3) is 0 Å². The van der Waals surface area contributed by atoms with Crippen molar-refractivity contribution in [1.29, 1.82) is 0 Å². The zero-order chi connectivity index (χ0) is 14.8. The number of aliphatic carboxylic acids is 1. The van der Waals surface area contributed by atoms with Crippen molar-refractivity contribution in [2.24, 2.45) is 11.3 Å². The van der Waals surface area contributed by atoms with Gasteiger partial charge in [-0.25, -0.2) is 0 Å². The van der Waals surface area contributed by atoms with Gasteiger partial charge in [-0.1, -0.05) is 6.92 Å². The Labute approximate surface area is 118 Å². The Morgan fingerprint density at radius 1 is 1.25 bits per heavy atom. The van der Waals surface area contributed by atoms with Crippen molar-refractivity contribution in [2.45, 2.75) is 39.0 Å². The number of nitrogens with zero attached hydrogens (tertiary/aromatic N) is 1. The van der Waals surface area contributed by atoms with E-state index >= 15 is 0 Å². The number of hydrogen-bond acceptors (Lipinski definition) is 3. The molecule has 1 saturated carbocycles. The van der Waals surface area contributed by atoms with Crippen molar-refractivity contribution in [3.63, 3.8) is 0 Å². The third kappa shape index (κ3) is 2.78. The van der Waals surface area contributed by atoms with Crippen LogP contribution in [0.15, 0.2) is 0 Å². The van der Waals surface area contributed by atoms with Crippen LogP contribution in [-0.4, -0.2) is 47.4 Å². The van der Waals surface area contributed by atoms with Gasteiger partial charge < -0.3 is 15.3 Å². The number of carboxylic acids is 1. The normalized spacial score (nSPS) is 21.4. The second kappa shape index (κ2) is 5.81. The summed E-state index contributed by atoms with van der Waals surface area (Å²) in [5, 5.41) is 12.0. The van der Waals surface area contributed by atoms with Crippen LogP contribution in [0.3, 0.4) is 0 Å². The molecule has 20 heavy (non-hydrogen) atoms. The molecule has 6 nitrogen and oxygen atoms in total. The number of nitrogens with one attached hydrogen (secondary N) is 1. The average molecular weight is 282 g/mol. The van der Waals surface area contributed by atoms with Crippen LogP contribution in [0, 0.1) is 11.3 Å². The van der Waals surface area contributed by atoms with Crippen LogP contribution in [0.1, 0.15) is 39.0 Å². The fraction of sp³-hybridized carbons (Fsp3) is 0.786. The number of carbonyl (C=O) groups excluding carboxylic acids is 2. The highest BCUT2D eigenvalue weighted by Crippen LogP contribution is 2.47. The molecule has 0 atom stereocenters. The SMILES string of the molecule is CCCNC(=O)C1CCN(C(=O)C2(C(=O)O)CC2)CC1. The molecule has 0 radical (unpaired) electrons. The maximum absolute atomic E-state index is 12.2. The second-order valence-electron chi connectivity index (χ2n) is 5.74. The van der Waals surface area contributed by atoms with Crippen LogP contribution in [0.5, 0.6) is 0 Å². The van der Waals surface area contributed by atoms with Gasteiger partial charge in [0.1, 0.15) is 5.41 Å². The molecule has 0 bridgehead atoms. The van der Waals surface area contributed by atoms with Gasteiger partial charge in [-0.2, -0.15) is 0 Å². The predicted molar refractivity (Wildman–Crippen MR) is 71.9 cm³/mol. The van der Waals surface area contributed by atoms with E-state index in [1.165, 1.54) is 0 Å². The number of rotatable bonds is 5. The van der Waals surface area contributed by atoms with Gasteiger partial charge in [0, 0.05) is 25.6 Å². The van der Waals surface area contributed by atoms with Crippen LogP contribution in [0.4, 0.5) is 0 Å². The highest BCUT2D eigenvalue weighted by molar-refractivity contribution is 6.04. The van der Waals surface area contributed by atoms with Crippen molar-refractivity contribution in [3.8, 4) is 0 Å². The third-order valence-electron chi connectivity index (χ3n) is 4.27. The summed E-state index contributed by atoms with van der Waals surface area (Å²) >= 11 is 0. The topological polar surface area (TPSA) is 86.7 Å². The fourth-order valence-electron chi connectivity index (χ4n) is 2.68. The summed E-state index contributed by atoms with van der Waals surface area (Å²) in [5.41, 5.74) is -1.16. The molecule has 1 heterocycles. The van der Waals surface area contributed by atoms with E-state index in [0.717, 1.165) is 6.42 Å². The predicted octanol–water partition coefficient (Wildman–Crippen LogP) is 0.616. The van der Waals surface area contributed by atoms with Gasteiger partial charge in [0.05, 0.1) is 0 Å². The maximum atomic E-state index is 12.2. The molecule has 2 aliphatic rings. The molecule has 2 amide bonds. The number of carboxylic acid groups (broad SMARTS) is 1. The zero-order valence-electron chi connectivity index (χ0n) is 11.9. The molecule has 6 heteroatoms. The minimum atomic E-state index is -1.16. The Hall–Kier alpha value is -1.59. The van der Waals surface area contributed by atoms with Crippen molar-refractivity contribution in [1.82, 2.24) is 10.2 Å². The number of carbonyl (C=O) groups is 3. The maximum Gasteiger partial charge on any atom is 0.319 e. The highest BCUT2D eigenvalue weighted by atomic mass is 16.4. The van der Waals surface area contributed by atoms with E-state index in [0.29, 0.717) is 45.3 Å². The van der Waals surface area contributed by atoms with Crippen molar-refractivity contribution in [2.75, 3.05) is 19.6 Å². The van der Waals surface area contributed by atoms with E-state index in [-0.39, 0.29) is 17.7 Å². The Bertz CT molecular complexity index is 409. The number of piperidine rings is 1. The first-order valence-electron chi connectivity index (χ1n) is 7.31. The molecular formula is C14H22N2O4. The zero-order valence-corrected chi connectivity index (χ0v) is 11.9. The molecule has 0 unspecified atom stereocenters. The lowest BCUT2D eigenvalue weighted by atomic mass is 9.94. The summed E-state index contributed by atoms with van der Waals surface area (Å²) in [5.74, 6) is -1.27. The Balaban J connectivity index is 1.84. The first-order chi connectivity index (χ1) is 9.51. The van der Waals surface area contributed by atoms with Crippen LogP contribution in [0.25, 0.3) is 0 Å². The van der Waals surface area contributed by atoms with Gasteiger partial charge in [0.2, 0.25) is 11.8 Å². The van der Waals surface area contributed by atoms with Gasteiger partial charge >= 0.3 is 5.97 Å². The molecule has 0 aromatic heterocycles. The Morgan fingerprint density at radius 2 is 1.85 bits per heavy atom. The first kappa shape index (κ1) is 14.8. The quantitative estimate of drug-likeness (QED) is 0.724. The summed E-state index contributed by atoms with van der Waals surface area (Å²) < 4.78 is 0. The van der Waals surface area contributed by atoms with Crippen molar-refractivity contribution in [3.05, 3.63) is 0 Å². The van der Waals surface area contributed by atoms with Crippen LogP contribution in [-0.2, 0) is 14.4 Å². The van der Waals surface area contributed by atoms with E-state index in [9.17, 15) is 14.4 Å². The lowest BCUT2D eigenvalue weighted by Gasteiger charge is -2.33. The van der Waals surface area contributed by atoms with E-state index < -0.39 is 11.4 Å². The molecule has 112 valence electrons. The van der Waals surface area contributed by atoms with Gasteiger partial charge in [-0.15, -0.1) is 0 Å². The van der Waals surface area contributed by atoms with Crippen molar-refractivity contribution >= 4 is 17.8 Å². The summed E-state index contributed by atoms with van der Waals surface area (Å²) in [4.78, 5) is 36.8. The average Bonchev–Trinajstić information content (AvgIpc) is 3.26. The molecule has 2 rings (SSSR count). The Morgan fingerprint density at radius 3 is 2.30 bits per heavy atom. The Kier molecular flexibility index (Phi) is 4.30. The van der Waals surface area contributed by atoms with Crippen LogP contribution < -0.4 is 5.32 Å². The third-order valence-corrected chi connectivity index (χ3v) is 4.27. The molecule has 1 aliphatic heterocycles. The minimum Gasteiger partial charge on any atom is -0.480 e. The van der Waals surface area contributed by atoms with Crippen molar-refractivity contribution < 1.29 is 19.5 Å². The monoisotopic (exact) mass is 282 g/mol. The van der Waals surface area contributed by atoms with Gasteiger partial charge in [0.15, 0.2) is 0 Å². The molecule has 0 aromatic carbocycles. The van der Waals surface area contributed by atoms with E-state index in [1.807, 2.05) is 6.92 Å². The standard InChI is InChI=1S/C14H22N2O4/c1-2-7-15-11(17)10-3-8-16(9-4-10)12(18)14(5-6-14)13(19)20/h10H,2-9H2,1H3,(H,15,17)(H,19,20). The van der Waals surface area contributed by atoms with E-state index in [1.54, 1.807) is 4.90 Å². The van der Waals surface area contributed by atoms with Crippen LogP contribution in [0.2, 0.25) is 0 Å². The number of hydrogen-bond donors (Lipinski definition) is 2. The molecule has 0 spiro atoms. The molecule has 1 saturated heterocycles. The molecule has 1 aliphatic carbocycles.